The smallest absolute Gasteiger partial charge is 0.274 e. The molecule has 21 heavy (non-hydrogen) atoms. The summed E-state index contributed by atoms with van der Waals surface area (Å²) in [6.07, 6.45) is 0.320. The number of nitrogens with zero attached hydrogens (tertiary/aromatic N) is 1. The fourth-order valence-electron chi connectivity index (χ4n) is 2.49. The molecule has 2 aromatic rings. The summed E-state index contributed by atoms with van der Waals surface area (Å²) in [6.45, 7) is 0. The van der Waals surface area contributed by atoms with E-state index >= 15 is 0 Å². The number of methoxy groups -OCH3 is 2. The van der Waals surface area contributed by atoms with Gasteiger partial charge in [-0.1, -0.05) is 0 Å². The highest BCUT2D eigenvalue weighted by molar-refractivity contribution is 6.02. The van der Waals surface area contributed by atoms with Crippen molar-refractivity contribution >= 4 is 16.8 Å². The number of aromatic amines is 1. The summed E-state index contributed by atoms with van der Waals surface area (Å²) in [5.74, 6) is 0.578. The Morgan fingerprint density at radius 1 is 1.29 bits per heavy atom. The fraction of sp³-hybridized carbons (Fsp3) is 0.200. The summed E-state index contributed by atoms with van der Waals surface area (Å²) in [5, 5.41) is 12.7. The molecule has 0 atom stereocenters. The van der Waals surface area contributed by atoms with Crippen molar-refractivity contribution in [3.05, 3.63) is 40.9 Å². The van der Waals surface area contributed by atoms with E-state index in [1.54, 1.807) is 7.11 Å². The number of nitriles is 1. The zero-order chi connectivity index (χ0) is 15.0. The number of hydrogen-bond donors (Lipinski definition) is 2. The zero-order valence-electron chi connectivity index (χ0n) is 11.6. The minimum absolute atomic E-state index is 0.197. The molecule has 0 fully saturated rings. The van der Waals surface area contributed by atoms with Crippen molar-refractivity contribution in [1.29, 1.82) is 5.26 Å². The monoisotopic (exact) mass is 283 g/mol. The molecule has 0 saturated heterocycles. The number of rotatable bonds is 2. The number of amides is 1. The van der Waals surface area contributed by atoms with Crippen molar-refractivity contribution in [1.82, 2.24) is 10.3 Å². The molecule has 3 rings (SSSR count). The number of allylic oxidation sites excluding steroid dienone is 1. The molecule has 1 aromatic carbocycles. The highest BCUT2D eigenvalue weighted by Gasteiger charge is 2.25. The Bertz CT molecular complexity index is 811. The molecule has 106 valence electrons. The van der Waals surface area contributed by atoms with Crippen LogP contribution < -0.4 is 10.1 Å². The summed E-state index contributed by atoms with van der Waals surface area (Å²) in [6, 6.07) is 7.60. The number of ether oxygens (including phenoxy) is 2. The van der Waals surface area contributed by atoms with E-state index in [0.717, 1.165) is 16.5 Å². The molecule has 6 heteroatoms. The van der Waals surface area contributed by atoms with Gasteiger partial charge < -0.3 is 14.5 Å². The van der Waals surface area contributed by atoms with E-state index in [2.05, 4.69) is 16.4 Å². The number of fused-ring (bicyclic) bond motifs is 3. The quantitative estimate of drug-likeness (QED) is 0.880. The normalized spacial score (nSPS) is 14.2. The molecule has 2 N–H and O–H groups in total. The Hall–Kier alpha value is -2.94. The molecule has 0 spiro atoms. The summed E-state index contributed by atoms with van der Waals surface area (Å²) < 4.78 is 10.3. The number of carbonyl (C=O) groups excluding carboxylic acids is 1. The van der Waals surface area contributed by atoms with E-state index < -0.39 is 0 Å². The van der Waals surface area contributed by atoms with Gasteiger partial charge in [0.05, 0.1) is 19.8 Å². The van der Waals surface area contributed by atoms with Gasteiger partial charge in [0, 0.05) is 17.3 Å². The molecule has 0 radical (unpaired) electrons. The second-order valence-electron chi connectivity index (χ2n) is 4.64. The van der Waals surface area contributed by atoms with Crippen molar-refractivity contribution in [3.8, 4) is 11.8 Å². The Kier molecular flexibility index (Phi) is 3.03. The van der Waals surface area contributed by atoms with Gasteiger partial charge in [-0.3, -0.25) is 10.1 Å². The molecule has 1 amide bonds. The van der Waals surface area contributed by atoms with Gasteiger partial charge in [0.2, 0.25) is 5.88 Å². The SMILES string of the molecule is COC1=C(C#N)Cc2c([nH]c3ccc(OC)cc23)C(=O)N1. The van der Waals surface area contributed by atoms with Crippen LogP contribution in [-0.4, -0.2) is 25.1 Å². The lowest BCUT2D eigenvalue weighted by Crippen LogP contribution is -2.24. The van der Waals surface area contributed by atoms with E-state index in [0.29, 0.717) is 23.4 Å². The number of benzene rings is 1. The van der Waals surface area contributed by atoms with E-state index in [1.807, 2.05) is 18.2 Å². The van der Waals surface area contributed by atoms with Crippen molar-refractivity contribution in [2.75, 3.05) is 14.2 Å². The molecule has 0 bridgehead atoms. The topological polar surface area (TPSA) is 87.1 Å². The average molecular weight is 283 g/mol. The Labute approximate surface area is 121 Å². The molecule has 2 heterocycles. The molecule has 1 aromatic heterocycles. The molecule has 1 aliphatic rings. The van der Waals surface area contributed by atoms with E-state index in [1.165, 1.54) is 7.11 Å². The number of hydrogen-bond acceptors (Lipinski definition) is 4. The first-order valence-corrected chi connectivity index (χ1v) is 6.35. The van der Waals surface area contributed by atoms with Gasteiger partial charge in [-0.15, -0.1) is 0 Å². The second kappa shape index (κ2) is 4.87. The van der Waals surface area contributed by atoms with Crippen LogP contribution in [0.25, 0.3) is 10.9 Å². The Balaban J connectivity index is 2.24. The molecule has 6 nitrogen and oxygen atoms in total. The lowest BCUT2D eigenvalue weighted by atomic mass is 10.0. The van der Waals surface area contributed by atoms with Crippen LogP contribution in [0.5, 0.6) is 5.75 Å². The molecule has 0 unspecified atom stereocenters. The van der Waals surface area contributed by atoms with Gasteiger partial charge in [-0.05, 0) is 23.8 Å². The van der Waals surface area contributed by atoms with Crippen LogP contribution in [-0.2, 0) is 11.2 Å². The highest BCUT2D eigenvalue weighted by atomic mass is 16.5. The van der Waals surface area contributed by atoms with Crippen LogP contribution in [0.2, 0.25) is 0 Å². The first-order valence-electron chi connectivity index (χ1n) is 6.35. The van der Waals surface area contributed by atoms with Gasteiger partial charge in [0.25, 0.3) is 5.91 Å². The fourth-order valence-corrected chi connectivity index (χ4v) is 2.49. The maximum Gasteiger partial charge on any atom is 0.274 e. The third-order valence-corrected chi connectivity index (χ3v) is 3.53. The second-order valence-corrected chi connectivity index (χ2v) is 4.64. The average Bonchev–Trinajstić information content (AvgIpc) is 2.81. The third kappa shape index (κ3) is 1.99. The number of carbonyl (C=O) groups is 1. The van der Waals surface area contributed by atoms with Crippen molar-refractivity contribution in [2.24, 2.45) is 0 Å². The number of aromatic nitrogens is 1. The first-order chi connectivity index (χ1) is 10.2. The summed E-state index contributed by atoms with van der Waals surface area (Å²) >= 11 is 0. The molecular formula is C15H13N3O3. The summed E-state index contributed by atoms with van der Waals surface area (Å²) in [5.41, 5.74) is 2.42. The van der Waals surface area contributed by atoms with Crippen LogP contribution in [0.1, 0.15) is 16.1 Å². The van der Waals surface area contributed by atoms with Gasteiger partial charge in [-0.2, -0.15) is 5.26 Å². The van der Waals surface area contributed by atoms with Crippen molar-refractivity contribution < 1.29 is 14.3 Å². The van der Waals surface area contributed by atoms with E-state index in [4.69, 9.17) is 9.47 Å². The largest absolute Gasteiger partial charge is 0.497 e. The molecule has 1 aliphatic heterocycles. The first kappa shape index (κ1) is 13.1. The van der Waals surface area contributed by atoms with Crippen LogP contribution >= 0.6 is 0 Å². The van der Waals surface area contributed by atoms with Crippen LogP contribution in [0.15, 0.2) is 29.7 Å². The minimum atomic E-state index is -0.317. The zero-order valence-corrected chi connectivity index (χ0v) is 11.6. The third-order valence-electron chi connectivity index (χ3n) is 3.53. The van der Waals surface area contributed by atoms with Crippen LogP contribution in [0.3, 0.4) is 0 Å². The van der Waals surface area contributed by atoms with Gasteiger partial charge in [0.1, 0.15) is 17.5 Å². The van der Waals surface area contributed by atoms with Gasteiger partial charge in [-0.25, -0.2) is 0 Å². The summed E-state index contributed by atoms with van der Waals surface area (Å²) in [4.78, 5) is 15.4. The maximum absolute atomic E-state index is 12.3. The predicted octanol–water partition coefficient (Wildman–Crippen LogP) is 1.84. The molecule has 0 aliphatic carbocycles. The number of H-pyrrole nitrogens is 1. The lowest BCUT2D eigenvalue weighted by Gasteiger charge is -2.06. The van der Waals surface area contributed by atoms with E-state index in [9.17, 15) is 10.1 Å². The summed E-state index contributed by atoms with van der Waals surface area (Å²) in [7, 11) is 3.01. The lowest BCUT2D eigenvalue weighted by molar-refractivity contribution is 0.0932. The number of nitrogens with one attached hydrogen (secondary N) is 2. The predicted molar refractivity (Wildman–Crippen MR) is 75.7 cm³/mol. The standard InChI is InChI=1S/C15H13N3O3/c1-20-9-3-4-12-10(6-9)11-5-8(7-16)15(21-2)18-14(19)13(11)17-12/h3-4,6,17H,5H2,1-2H3,(H,18,19). The Morgan fingerprint density at radius 3 is 2.76 bits per heavy atom. The minimum Gasteiger partial charge on any atom is -0.497 e. The maximum atomic E-state index is 12.3. The molecule has 0 saturated carbocycles. The van der Waals surface area contributed by atoms with Crippen molar-refractivity contribution in [2.45, 2.75) is 6.42 Å². The Morgan fingerprint density at radius 2 is 2.10 bits per heavy atom. The highest BCUT2D eigenvalue weighted by Crippen LogP contribution is 2.30. The van der Waals surface area contributed by atoms with Gasteiger partial charge >= 0.3 is 0 Å². The van der Waals surface area contributed by atoms with Gasteiger partial charge in [0.15, 0.2) is 0 Å². The van der Waals surface area contributed by atoms with Crippen LogP contribution in [0, 0.1) is 11.3 Å². The van der Waals surface area contributed by atoms with Crippen LogP contribution in [0.4, 0.5) is 0 Å². The molecular weight excluding hydrogens is 270 g/mol. The van der Waals surface area contributed by atoms with E-state index in [-0.39, 0.29) is 11.8 Å². The van der Waals surface area contributed by atoms with Crippen molar-refractivity contribution in [3.63, 3.8) is 0 Å².